The van der Waals surface area contributed by atoms with Crippen LogP contribution in [0.15, 0.2) is 194 Å². The molecule has 0 heterocycles. The van der Waals surface area contributed by atoms with E-state index < -0.39 is 0 Å². The van der Waals surface area contributed by atoms with Crippen LogP contribution in [0.5, 0.6) is 0 Å². The molecule has 13 rings (SSSR count). The Labute approximate surface area is 362 Å². The van der Waals surface area contributed by atoms with Crippen LogP contribution in [0.3, 0.4) is 0 Å². The summed E-state index contributed by atoms with van der Waals surface area (Å²) in [7, 11) is 0. The van der Waals surface area contributed by atoms with E-state index in [0.29, 0.717) is 0 Å². The third-order valence-corrected chi connectivity index (χ3v) is 14.8. The van der Waals surface area contributed by atoms with E-state index in [1.165, 1.54) is 132 Å². The van der Waals surface area contributed by atoms with Crippen LogP contribution in [-0.2, 0) is 10.8 Å². The van der Waals surface area contributed by atoms with E-state index in [1.807, 2.05) is 0 Å². The molecule has 0 atom stereocenters. The zero-order chi connectivity index (χ0) is 41.5. The maximum Gasteiger partial charge on any atom is 0.0159 e. The highest BCUT2D eigenvalue weighted by molar-refractivity contribution is 6.24. The normalized spacial score (nSPS) is 14.4. The monoisotopic (exact) mass is 788 g/mol. The molecule has 2 aliphatic carbocycles. The molecule has 0 bridgehead atoms. The van der Waals surface area contributed by atoms with Crippen molar-refractivity contribution in [2.24, 2.45) is 0 Å². The van der Waals surface area contributed by atoms with Gasteiger partial charge in [-0.3, -0.25) is 0 Å². The quantitative estimate of drug-likeness (QED) is 0.156. The second kappa shape index (κ2) is 12.6. The number of hydrogen-bond donors (Lipinski definition) is 0. The van der Waals surface area contributed by atoms with Gasteiger partial charge in [-0.2, -0.15) is 0 Å². The molecule has 0 heteroatoms. The summed E-state index contributed by atoms with van der Waals surface area (Å²) >= 11 is 0. The molecule has 0 nitrogen and oxygen atoms in total. The Morgan fingerprint density at radius 3 is 1.31 bits per heavy atom. The first-order valence-electron chi connectivity index (χ1n) is 22.1. The van der Waals surface area contributed by atoms with Crippen molar-refractivity contribution in [2.75, 3.05) is 0 Å². The summed E-state index contributed by atoms with van der Waals surface area (Å²) in [5.74, 6) is 0. The minimum absolute atomic E-state index is 0.0752. The molecule has 0 spiro atoms. The van der Waals surface area contributed by atoms with E-state index in [0.717, 1.165) is 0 Å². The highest BCUT2D eigenvalue weighted by atomic mass is 14.4. The zero-order valence-electron chi connectivity index (χ0n) is 35.5. The van der Waals surface area contributed by atoms with Gasteiger partial charge in [0, 0.05) is 10.8 Å². The first-order chi connectivity index (χ1) is 30.2. The minimum Gasteiger partial charge on any atom is -0.0619 e. The van der Waals surface area contributed by atoms with Gasteiger partial charge in [-0.05, 0) is 168 Å². The van der Waals surface area contributed by atoms with Gasteiger partial charge in [0.2, 0.25) is 0 Å². The Morgan fingerprint density at radius 2 is 0.661 bits per heavy atom. The fourth-order valence-corrected chi connectivity index (χ4v) is 11.6. The summed E-state index contributed by atoms with van der Waals surface area (Å²) in [4.78, 5) is 0. The minimum atomic E-state index is -0.0948. The van der Waals surface area contributed by atoms with Gasteiger partial charge in [0.15, 0.2) is 0 Å². The van der Waals surface area contributed by atoms with Crippen LogP contribution in [0.2, 0.25) is 0 Å². The van der Waals surface area contributed by atoms with E-state index in [4.69, 9.17) is 0 Å². The lowest BCUT2D eigenvalue weighted by atomic mass is 9.80. The average Bonchev–Trinajstić information content (AvgIpc) is 3.69. The van der Waals surface area contributed by atoms with Crippen LogP contribution in [0.4, 0.5) is 0 Å². The molecule has 0 fully saturated rings. The van der Waals surface area contributed by atoms with Gasteiger partial charge >= 0.3 is 0 Å². The molecule has 0 radical (unpaired) electrons. The number of fused-ring (bicyclic) bond motifs is 14. The summed E-state index contributed by atoms with van der Waals surface area (Å²) in [6, 6.07) is 73.8. The first-order valence-corrected chi connectivity index (χ1v) is 22.1. The van der Waals surface area contributed by atoms with Gasteiger partial charge in [-0.1, -0.05) is 185 Å². The number of hydrogen-bond acceptors (Lipinski definition) is 0. The van der Waals surface area contributed by atoms with E-state index in [2.05, 4.69) is 222 Å². The highest BCUT2D eigenvalue weighted by Crippen LogP contribution is 2.52. The number of rotatable bonds is 3. The molecular formula is C62H44. The van der Waals surface area contributed by atoms with Crippen LogP contribution < -0.4 is 0 Å². The van der Waals surface area contributed by atoms with Crippen LogP contribution >= 0.6 is 0 Å². The molecule has 0 saturated carbocycles. The summed E-state index contributed by atoms with van der Waals surface area (Å²) in [6.07, 6.45) is 0. The SMILES string of the molecule is CC1(C)c2ccccc2-c2ccc(-c3cc4c5ccc(-c6ccc7c(ccc8ccccc87)c6)cc5c(-c5ccc6c(c5)C(C)(C)c5ccccc5-6)cc4c4ccccc34)cc21. The van der Waals surface area contributed by atoms with Crippen molar-refractivity contribution in [3.63, 3.8) is 0 Å². The Balaban J connectivity index is 1.07. The molecule has 0 amide bonds. The van der Waals surface area contributed by atoms with Crippen molar-refractivity contribution >= 4 is 53.9 Å². The molecule has 0 unspecified atom stereocenters. The standard InChI is InChI=1S/C62H44/c1-61(2)57-19-11-9-17-48(57)50-29-25-41(33-59(50)61)52-35-56-47-28-24-39(38-23-27-44-40(31-38)22-21-37-13-5-6-14-43(37)44)32-54(47)53(36-55(56)46-16-8-7-15-45(46)52)42-26-30-51-49-18-10-12-20-58(49)62(3,4)60(51)34-42/h5-36H,1-4H3. The third-order valence-electron chi connectivity index (χ3n) is 14.8. The second-order valence-electron chi connectivity index (χ2n) is 18.8. The van der Waals surface area contributed by atoms with E-state index in [9.17, 15) is 0 Å². The lowest BCUT2D eigenvalue weighted by Crippen LogP contribution is -2.14. The van der Waals surface area contributed by atoms with Crippen molar-refractivity contribution in [3.8, 4) is 55.6 Å². The summed E-state index contributed by atoms with van der Waals surface area (Å²) in [5, 5.41) is 12.8. The Morgan fingerprint density at radius 1 is 0.226 bits per heavy atom. The Bertz CT molecular complexity index is 3740. The summed E-state index contributed by atoms with van der Waals surface area (Å²) in [6.45, 7) is 9.52. The van der Waals surface area contributed by atoms with Gasteiger partial charge < -0.3 is 0 Å². The van der Waals surface area contributed by atoms with E-state index >= 15 is 0 Å². The molecule has 292 valence electrons. The molecule has 11 aromatic carbocycles. The molecular weight excluding hydrogens is 745 g/mol. The van der Waals surface area contributed by atoms with Gasteiger partial charge in [-0.25, -0.2) is 0 Å². The van der Waals surface area contributed by atoms with Crippen LogP contribution in [0.1, 0.15) is 49.9 Å². The predicted octanol–water partition coefficient (Wildman–Crippen LogP) is 17.1. The fraction of sp³-hybridized carbons (Fsp3) is 0.0968. The largest absolute Gasteiger partial charge is 0.0619 e. The third kappa shape index (κ3) is 4.90. The average molecular weight is 789 g/mol. The van der Waals surface area contributed by atoms with Crippen molar-refractivity contribution in [3.05, 3.63) is 216 Å². The van der Waals surface area contributed by atoms with Gasteiger partial charge in [-0.15, -0.1) is 0 Å². The lowest BCUT2D eigenvalue weighted by molar-refractivity contribution is 0.660. The maximum atomic E-state index is 2.50. The summed E-state index contributed by atoms with van der Waals surface area (Å²) < 4.78 is 0. The summed E-state index contributed by atoms with van der Waals surface area (Å²) in [5.41, 5.74) is 18.4. The van der Waals surface area contributed by atoms with Crippen molar-refractivity contribution in [1.29, 1.82) is 0 Å². The fourth-order valence-electron chi connectivity index (χ4n) is 11.6. The lowest BCUT2D eigenvalue weighted by Gasteiger charge is -2.23. The second-order valence-corrected chi connectivity index (χ2v) is 18.8. The van der Waals surface area contributed by atoms with E-state index in [-0.39, 0.29) is 10.8 Å². The molecule has 11 aromatic rings. The van der Waals surface area contributed by atoms with Crippen LogP contribution in [-0.4, -0.2) is 0 Å². The predicted molar refractivity (Wildman–Crippen MR) is 265 cm³/mol. The van der Waals surface area contributed by atoms with Gasteiger partial charge in [0.25, 0.3) is 0 Å². The van der Waals surface area contributed by atoms with Crippen LogP contribution in [0.25, 0.3) is 109 Å². The molecule has 0 saturated heterocycles. The molecule has 0 aliphatic heterocycles. The molecule has 0 N–H and O–H groups in total. The van der Waals surface area contributed by atoms with Gasteiger partial charge in [0.1, 0.15) is 0 Å². The first kappa shape index (κ1) is 35.5. The molecule has 2 aliphatic rings. The maximum absolute atomic E-state index is 2.50. The van der Waals surface area contributed by atoms with Crippen LogP contribution in [0, 0.1) is 0 Å². The molecule has 0 aromatic heterocycles. The Hall–Kier alpha value is -7.28. The smallest absolute Gasteiger partial charge is 0.0159 e. The van der Waals surface area contributed by atoms with E-state index in [1.54, 1.807) is 0 Å². The Kier molecular flexibility index (Phi) is 7.23. The van der Waals surface area contributed by atoms with Crippen molar-refractivity contribution < 1.29 is 0 Å². The molecule has 62 heavy (non-hydrogen) atoms. The number of benzene rings is 11. The van der Waals surface area contributed by atoms with Gasteiger partial charge in [0.05, 0.1) is 0 Å². The highest BCUT2D eigenvalue weighted by Gasteiger charge is 2.36. The van der Waals surface area contributed by atoms with Crippen molar-refractivity contribution in [2.45, 2.75) is 38.5 Å². The van der Waals surface area contributed by atoms with Crippen molar-refractivity contribution in [1.82, 2.24) is 0 Å². The zero-order valence-corrected chi connectivity index (χ0v) is 35.5. The topological polar surface area (TPSA) is 0 Å².